The van der Waals surface area contributed by atoms with Crippen molar-refractivity contribution in [1.82, 2.24) is 9.80 Å². The van der Waals surface area contributed by atoms with Crippen LogP contribution >= 0.6 is 0 Å². The Kier molecular flexibility index (Phi) is 5.97. The quantitative estimate of drug-likeness (QED) is 0.684. The van der Waals surface area contributed by atoms with Gasteiger partial charge in [-0.15, -0.1) is 0 Å². The van der Waals surface area contributed by atoms with Crippen LogP contribution in [0.4, 0.5) is 0 Å². The highest BCUT2D eigenvalue weighted by atomic mass is 16.2. The molecule has 0 aromatic carbocycles. The van der Waals surface area contributed by atoms with Gasteiger partial charge in [-0.1, -0.05) is 13.8 Å². The molecule has 2 amide bonds. The lowest BCUT2D eigenvalue weighted by molar-refractivity contribution is -0.133. The molecule has 0 aliphatic carbocycles. The van der Waals surface area contributed by atoms with Crippen molar-refractivity contribution in [1.29, 1.82) is 0 Å². The molecule has 4 heteroatoms. The average molecular weight is 214 g/mol. The fraction of sp³-hybridized carbons (Fsp3) is 0.818. The molecule has 0 fully saturated rings. The molecule has 0 saturated carbocycles. The van der Waals surface area contributed by atoms with Crippen molar-refractivity contribution in [3.05, 3.63) is 0 Å². The van der Waals surface area contributed by atoms with Gasteiger partial charge in [-0.2, -0.15) is 0 Å². The monoisotopic (exact) mass is 214 g/mol. The molecule has 0 aromatic rings. The van der Waals surface area contributed by atoms with Crippen LogP contribution in [0.1, 0.15) is 27.2 Å². The van der Waals surface area contributed by atoms with Crippen molar-refractivity contribution in [2.45, 2.75) is 27.2 Å². The van der Waals surface area contributed by atoms with Crippen LogP contribution in [0.5, 0.6) is 0 Å². The maximum atomic E-state index is 11.5. The summed E-state index contributed by atoms with van der Waals surface area (Å²) < 4.78 is 0. The van der Waals surface area contributed by atoms with Crippen molar-refractivity contribution >= 4 is 11.8 Å². The molecular formula is C11H22N2O2. The van der Waals surface area contributed by atoms with E-state index in [2.05, 4.69) is 0 Å². The summed E-state index contributed by atoms with van der Waals surface area (Å²) >= 11 is 0. The zero-order valence-corrected chi connectivity index (χ0v) is 10.4. The SMILES string of the molecule is CC(=O)N(C)CCCN(C)C(=O)C(C)C. The normalized spacial score (nSPS) is 10.3. The highest BCUT2D eigenvalue weighted by Gasteiger charge is 2.12. The van der Waals surface area contributed by atoms with Crippen molar-refractivity contribution in [3.8, 4) is 0 Å². The highest BCUT2D eigenvalue weighted by molar-refractivity contribution is 5.77. The predicted molar refractivity (Wildman–Crippen MR) is 60.4 cm³/mol. The van der Waals surface area contributed by atoms with Gasteiger partial charge in [0.1, 0.15) is 0 Å². The molecule has 0 aliphatic heterocycles. The van der Waals surface area contributed by atoms with Gasteiger partial charge in [-0.05, 0) is 6.42 Å². The van der Waals surface area contributed by atoms with E-state index in [0.29, 0.717) is 13.1 Å². The maximum absolute atomic E-state index is 11.5. The number of nitrogens with zero attached hydrogens (tertiary/aromatic N) is 2. The van der Waals surface area contributed by atoms with Gasteiger partial charge in [0, 0.05) is 40.0 Å². The fourth-order valence-electron chi connectivity index (χ4n) is 1.25. The van der Waals surface area contributed by atoms with E-state index in [9.17, 15) is 9.59 Å². The van der Waals surface area contributed by atoms with E-state index in [-0.39, 0.29) is 17.7 Å². The number of hydrogen-bond donors (Lipinski definition) is 0. The minimum absolute atomic E-state index is 0.0422. The standard InChI is InChI=1S/C11H22N2O2/c1-9(2)11(15)13(5)8-6-7-12(4)10(3)14/h9H,6-8H2,1-5H3. The lowest BCUT2D eigenvalue weighted by atomic mass is 10.2. The molecule has 0 atom stereocenters. The first kappa shape index (κ1) is 13.9. The Balaban J connectivity index is 3.77. The first-order valence-electron chi connectivity index (χ1n) is 5.33. The lowest BCUT2D eigenvalue weighted by Crippen LogP contribution is -2.33. The smallest absolute Gasteiger partial charge is 0.224 e. The Hall–Kier alpha value is -1.06. The van der Waals surface area contributed by atoms with E-state index in [1.807, 2.05) is 13.8 Å². The Morgan fingerprint density at radius 2 is 1.53 bits per heavy atom. The molecule has 0 rings (SSSR count). The minimum Gasteiger partial charge on any atom is -0.346 e. The van der Waals surface area contributed by atoms with Crippen LogP contribution in [0, 0.1) is 5.92 Å². The zero-order valence-electron chi connectivity index (χ0n) is 10.4. The number of hydrogen-bond acceptors (Lipinski definition) is 2. The van der Waals surface area contributed by atoms with Gasteiger partial charge >= 0.3 is 0 Å². The third-order valence-electron chi connectivity index (χ3n) is 2.39. The molecule has 0 heterocycles. The summed E-state index contributed by atoms with van der Waals surface area (Å²) in [6.07, 6.45) is 0.824. The number of amides is 2. The highest BCUT2D eigenvalue weighted by Crippen LogP contribution is 2.00. The molecular weight excluding hydrogens is 192 g/mol. The van der Waals surface area contributed by atoms with Crippen LogP contribution in [-0.4, -0.2) is 48.8 Å². The maximum Gasteiger partial charge on any atom is 0.224 e. The topological polar surface area (TPSA) is 40.6 Å². The molecule has 88 valence electrons. The molecule has 0 N–H and O–H groups in total. The van der Waals surface area contributed by atoms with E-state index in [0.717, 1.165) is 6.42 Å². The minimum atomic E-state index is 0.0422. The molecule has 0 spiro atoms. The van der Waals surface area contributed by atoms with Gasteiger partial charge in [0.15, 0.2) is 0 Å². The van der Waals surface area contributed by atoms with Crippen LogP contribution in [0.3, 0.4) is 0 Å². The van der Waals surface area contributed by atoms with E-state index in [4.69, 9.17) is 0 Å². The molecule has 0 aliphatic rings. The van der Waals surface area contributed by atoms with Crippen molar-refractivity contribution in [2.24, 2.45) is 5.92 Å². The summed E-state index contributed by atoms with van der Waals surface area (Å²) in [5.41, 5.74) is 0. The third-order valence-corrected chi connectivity index (χ3v) is 2.39. The van der Waals surface area contributed by atoms with Crippen molar-refractivity contribution in [2.75, 3.05) is 27.2 Å². The third kappa shape index (κ3) is 5.40. The second kappa shape index (κ2) is 6.43. The number of rotatable bonds is 5. The van der Waals surface area contributed by atoms with Gasteiger partial charge < -0.3 is 9.80 Å². The van der Waals surface area contributed by atoms with Gasteiger partial charge in [-0.25, -0.2) is 0 Å². The Labute approximate surface area is 92.2 Å². The van der Waals surface area contributed by atoms with Crippen molar-refractivity contribution in [3.63, 3.8) is 0 Å². The Morgan fingerprint density at radius 1 is 1.07 bits per heavy atom. The molecule has 0 saturated heterocycles. The molecule has 4 nitrogen and oxygen atoms in total. The zero-order chi connectivity index (χ0) is 12.0. The van der Waals surface area contributed by atoms with Crippen LogP contribution in [0.15, 0.2) is 0 Å². The van der Waals surface area contributed by atoms with Gasteiger partial charge in [0.2, 0.25) is 11.8 Å². The predicted octanol–water partition coefficient (Wildman–Crippen LogP) is 0.969. The first-order valence-corrected chi connectivity index (χ1v) is 5.33. The molecule has 0 radical (unpaired) electrons. The van der Waals surface area contributed by atoms with Crippen LogP contribution in [-0.2, 0) is 9.59 Å². The second-order valence-electron chi connectivity index (χ2n) is 4.21. The summed E-state index contributed by atoms with van der Waals surface area (Å²) in [5, 5.41) is 0. The Bertz CT molecular complexity index is 227. The average Bonchev–Trinajstić information content (AvgIpc) is 2.15. The summed E-state index contributed by atoms with van der Waals surface area (Å²) in [7, 11) is 3.57. The lowest BCUT2D eigenvalue weighted by Gasteiger charge is -2.21. The number of carbonyl (C=O) groups is 2. The fourth-order valence-corrected chi connectivity index (χ4v) is 1.25. The molecule has 0 bridgehead atoms. The van der Waals surface area contributed by atoms with Crippen LogP contribution < -0.4 is 0 Å². The summed E-state index contributed by atoms with van der Waals surface area (Å²) in [4.78, 5) is 25.8. The van der Waals surface area contributed by atoms with Gasteiger partial charge in [-0.3, -0.25) is 9.59 Å². The molecule has 15 heavy (non-hydrogen) atoms. The largest absolute Gasteiger partial charge is 0.346 e. The van der Waals surface area contributed by atoms with E-state index in [1.165, 1.54) is 0 Å². The summed E-state index contributed by atoms with van der Waals surface area (Å²) in [6.45, 7) is 6.73. The van der Waals surface area contributed by atoms with Gasteiger partial charge in [0.25, 0.3) is 0 Å². The molecule has 0 unspecified atom stereocenters. The van der Waals surface area contributed by atoms with E-state index in [1.54, 1.807) is 30.8 Å². The van der Waals surface area contributed by atoms with Crippen molar-refractivity contribution < 1.29 is 9.59 Å². The van der Waals surface area contributed by atoms with Gasteiger partial charge in [0.05, 0.1) is 0 Å². The summed E-state index contributed by atoms with van der Waals surface area (Å²) in [5.74, 6) is 0.258. The number of carbonyl (C=O) groups excluding carboxylic acids is 2. The van der Waals surface area contributed by atoms with E-state index < -0.39 is 0 Å². The van der Waals surface area contributed by atoms with E-state index >= 15 is 0 Å². The first-order chi connectivity index (χ1) is 6.86. The van der Waals surface area contributed by atoms with Crippen LogP contribution in [0.2, 0.25) is 0 Å². The summed E-state index contributed by atoms with van der Waals surface area (Å²) in [6, 6.07) is 0. The second-order valence-corrected chi connectivity index (χ2v) is 4.21. The Morgan fingerprint density at radius 3 is 1.93 bits per heavy atom. The molecule has 0 aromatic heterocycles. The van der Waals surface area contributed by atoms with Crippen LogP contribution in [0.25, 0.3) is 0 Å².